The monoisotopic (exact) mass is 363 g/mol. The van der Waals surface area contributed by atoms with Crippen molar-refractivity contribution in [1.29, 1.82) is 0 Å². The Morgan fingerprint density at radius 3 is 2.57 bits per heavy atom. The van der Waals surface area contributed by atoms with Crippen LogP contribution in [0, 0.1) is 12.7 Å². The summed E-state index contributed by atoms with van der Waals surface area (Å²) in [5, 5.41) is 0. The SMILES string of the molecule is Cc1ncc(Br)cc1OCc1cc(F)cc(C(F)(F)F)c1. The maximum atomic E-state index is 13.3. The molecule has 2 rings (SSSR count). The molecule has 1 aromatic heterocycles. The maximum Gasteiger partial charge on any atom is 0.416 e. The number of nitrogens with zero attached hydrogens (tertiary/aromatic N) is 1. The summed E-state index contributed by atoms with van der Waals surface area (Å²) in [6.07, 6.45) is -3.02. The van der Waals surface area contributed by atoms with Gasteiger partial charge in [-0.05, 0) is 52.7 Å². The smallest absolute Gasteiger partial charge is 0.416 e. The molecular weight excluding hydrogens is 354 g/mol. The van der Waals surface area contributed by atoms with Crippen LogP contribution in [0.3, 0.4) is 0 Å². The van der Waals surface area contributed by atoms with Gasteiger partial charge in [-0.3, -0.25) is 4.98 Å². The van der Waals surface area contributed by atoms with Gasteiger partial charge in [0.05, 0.1) is 11.3 Å². The number of aromatic nitrogens is 1. The molecule has 0 amide bonds. The van der Waals surface area contributed by atoms with Gasteiger partial charge in [-0.25, -0.2) is 4.39 Å². The van der Waals surface area contributed by atoms with Gasteiger partial charge in [0, 0.05) is 10.7 Å². The fraction of sp³-hybridized carbons (Fsp3) is 0.214. The highest BCUT2D eigenvalue weighted by atomic mass is 79.9. The normalized spacial score (nSPS) is 11.5. The van der Waals surface area contributed by atoms with Gasteiger partial charge in [0.15, 0.2) is 0 Å². The molecule has 0 aliphatic carbocycles. The van der Waals surface area contributed by atoms with Crippen LogP contribution in [0.1, 0.15) is 16.8 Å². The van der Waals surface area contributed by atoms with E-state index in [0.29, 0.717) is 22.0 Å². The largest absolute Gasteiger partial charge is 0.487 e. The Bertz CT molecular complexity index is 658. The second kappa shape index (κ2) is 6.01. The highest BCUT2D eigenvalue weighted by molar-refractivity contribution is 9.10. The summed E-state index contributed by atoms with van der Waals surface area (Å²) in [5.74, 6) is -0.533. The average Bonchev–Trinajstić information content (AvgIpc) is 2.38. The zero-order valence-corrected chi connectivity index (χ0v) is 12.4. The molecule has 2 nitrogen and oxygen atoms in total. The molecule has 0 saturated carbocycles. The first kappa shape index (κ1) is 15.8. The van der Waals surface area contributed by atoms with E-state index in [4.69, 9.17) is 4.74 Å². The molecule has 0 saturated heterocycles. The van der Waals surface area contributed by atoms with Gasteiger partial charge in [-0.2, -0.15) is 13.2 Å². The molecule has 0 aliphatic rings. The number of benzene rings is 1. The van der Waals surface area contributed by atoms with Gasteiger partial charge in [0.25, 0.3) is 0 Å². The maximum absolute atomic E-state index is 13.3. The molecule has 112 valence electrons. The van der Waals surface area contributed by atoms with Crippen LogP contribution in [0.4, 0.5) is 17.6 Å². The number of alkyl halides is 3. The molecule has 7 heteroatoms. The molecule has 2 aromatic rings. The molecule has 0 fully saturated rings. The summed E-state index contributed by atoms with van der Waals surface area (Å²) in [6, 6.07) is 3.97. The lowest BCUT2D eigenvalue weighted by Gasteiger charge is -2.11. The van der Waals surface area contributed by atoms with E-state index in [9.17, 15) is 17.6 Å². The highest BCUT2D eigenvalue weighted by Crippen LogP contribution is 2.31. The van der Waals surface area contributed by atoms with Crippen LogP contribution in [0.15, 0.2) is 34.9 Å². The average molecular weight is 364 g/mol. The highest BCUT2D eigenvalue weighted by Gasteiger charge is 2.31. The predicted octanol–water partition coefficient (Wildman–Crippen LogP) is 4.89. The second-order valence-corrected chi connectivity index (χ2v) is 5.29. The van der Waals surface area contributed by atoms with Crippen LogP contribution in [0.2, 0.25) is 0 Å². The van der Waals surface area contributed by atoms with Crippen LogP contribution in [-0.2, 0) is 12.8 Å². The number of rotatable bonds is 3. The summed E-state index contributed by atoms with van der Waals surface area (Å²) >= 11 is 3.22. The third kappa shape index (κ3) is 4.17. The van der Waals surface area contributed by atoms with Gasteiger partial charge in [-0.1, -0.05) is 0 Å². The molecule has 1 heterocycles. The number of pyridine rings is 1. The standard InChI is InChI=1S/C14H10BrF4NO/c1-8-13(5-11(15)6-20-8)21-7-9-2-10(14(17,18)19)4-12(16)3-9/h2-6H,7H2,1H3. The van der Waals surface area contributed by atoms with Crippen molar-refractivity contribution in [3.05, 3.63) is 57.6 Å². The van der Waals surface area contributed by atoms with Crippen LogP contribution >= 0.6 is 15.9 Å². The summed E-state index contributed by atoms with van der Waals surface area (Å²) in [7, 11) is 0. The van der Waals surface area contributed by atoms with E-state index >= 15 is 0 Å². The van der Waals surface area contributed by atoms with Crippen molar-refractivity contribution in [3.63, 3.8) is 0 Å². The molecule has 0 bridgehead atoms. The van der Waals surface area contributed by atoms with Crippen LogP contribution in [-0.4, -0.2) is 4.98 Å². The molecular formula is C14H10BrF4NO. The molecule has 0 unspecified atom stereocenters. The minimum atomic E-state index is -4.59. The summed E-state index contributed by atoms with van der Waals surface area (Å²) < 4.78 is 57.1. The minimum absolute atomic E-state index is 0.0988. The van der Waals surface area contributed by atoms with Crippen molar-refractivity contribution in [2.24, 2.45) is 0 Å². The first-order valence-corrected chi connectivity index (χ1v) is 6.66. The third-order valence-corrected chi connectivity index (χ3v) is 3.12. The molecule has 0 atom stereocenters. The molecule has 21 heavy (non-hydrogen) atoms. The summed E-state index contributed by atoms with van der Waals surface area (Å²) in [6.45, 7) is 1.52. The molecule has 0 radical (unpaired) electrons. The van der Waals surface area contributed by atoms with Crippen molar-refractivity contribution >= 4 is 15.9 Å². The van der Waals surface area contributed by atoms with E-state index in [0.717, 1.165) is 12.1 Å². The number of aryl methyl sites for hydroxylation is 1. The van der Waals surface area contributed by atoms with Gasteiger partial charge >= 0.3 is 6.18 Å². The number of hydrogen-bond donors (Lipinski definition) is 0. The Balaban J connectivity index is 2.20. The van der Waals surface area contributed by atoms with Crippen molar-refractivity contribution in [2.45, 2.75) is 19.7 Å². The quantitative estimate of drug-likeness (QED) is 0.724. The van der Waals surface area contributed by atoms with Gasteiger partial charge in [0.1, 0.15) is 18.2 Å². The fourth-order valence-electron chi connectivity index (χ4n) is 1.69. The van der Waals surface area contributed by atoms with E-state index in [1.807, 2.05) is 0 Å². The summed E-state index contributed by atoms with van der Waals surface area (Å²) in [4.78, 5) is 4.04. The number of ether oxygens (including phenoxy) is 1. The van der Waals surface area contributed by atoms with Crippen LogP contribution in [0.25, 0.3) is 0 Å². The Labute approximate surface area is 126 Å². The fourth-order valence-corrected chi connectivity index (χ4v) is 2.00. The minimum Gasteiger partial charge on any atom is -0.487 e. The lowest BCUT2D eigenvalue weighted by Crippen LogP contribution is -2.07. The zero-order valence-electron chi connectivity index (χ0n) is 10.8. The lowest BCUT2D eigenvalue weighted by atomic mass is 10.1. The third-order valence-electron chi connectivity index (χ3n) is 2.69. The Morgan fingerprint density at radius 2 is 1.90 bits per heavy atom. The molecule has 0 spiro atoms. The topological polar surface area (TPSA) is 22.1 Å². The van der Waals surface area contributed by atoms with Crippen LogP contribution < -0.4 is 4.74 Å². The van der Waals surface area contributed by atoms with E-state index in [-0.39, 0.29) is 12.2 Å². The summed E-state index contributed by atoms with van der Waals surface area (Å²) in [5.41, 5.74) is -0.350. The first-order valence-electron chi connectivity index (χ1n) is 5.87. The number of halogens is 5. The Kier molecular flexibility index (Phi) is 4.51. The van der Waals surface area contributed by atoms with E-state index in [1.54, 1.807) is 19.2 Å². The van der Waals surface area contributed by atoms with E-state index < -0.39 is 17.6 Å². The van der Waals surface area contributed by atoms with Crippen molar-refractivity contribution in [2.75, 3.05) is 0 Å². The number of hydrogen-bond acceptors (Lipinski definition) is 2. The van der Waals surface area contributed by atoms with Crippen molar-refractivity contribution in [1.82, 2.24) is 4.98 Å². The molecule has 1 aromatic carbocycles. The molecule has 0 N–H and O–H groups in total. The van der Waals surface area contributed by atoms with Crippen LogP contribution in [0.5, 0.6) is 5.75 Å². The predicted molar refractivity (Wildman–Crippen MR) is 72.4 cm³/mol. The zero-order chi connectivity index (χ0) is 15.6. The van der Waals surface area contributed by atoms with Gasteiger partial charge in [-0.15, -0.1) is 0 Å². The van der Waals surface area contributed by atoms with Gasteiger partial charge < -0.3 is 4.74 Å². The molecule has 0 aliphatic heterocycles. The van der Waals surface area contributed by atoms with Crippen molar-refractivity contribution < 1.29 is 22.3 Å². The van der Waals surface area contributed by atoms with E-state index in [1.165, 1.54) is 0 Å². The van der Waals surface area contributed by atoms with E-state index in [2.05, 4.69) is 20.9 Å². The second-order valence-electron chi connectivity index (χ2n) is 4.37. The first-order chi connectivity index (χ1) is 9.75. The Morgan fingerprint density at radius 1 is 1.19 bits per heavy atom. The van der Waals surface area contributed by atoms with Crippen molar-refractivity contribution in [3.8, 4) is 5.75 Å². The Hall–Kier alpha value is -1.63. The van der Waals surface area contributed by atoms with Gasteiger partial charge in [0.2, 0.25) is 0 Å². The lowest BCUT2D eigenvalue weighted by molar-refractivity contribution is -0.137.